The van der Waals surface area contributed by atoms with Gasteiger partial charge in [-0.15, -0.1) is 0 Å². The van der Waals surface area contributed by atoms with Gasteiger partial charge in [0, 0.05) is 31.3 Å². The molecule has 8 nitrogen and oxygen atoms in total. The number of nitrogens with zero attached hydrogens (tertiary/aromatic N) is 1. The second-order valence-corrected chi connectivity index (χ2v) is 9.55. The third kappa shape index (κ3) is 7.79. The Bertz CT molecular complexity index is 1300. The molecule has 0 radical (unpaired) electrons. The monoisotopic (exact) mass is 509 g/mol. The molecule has 0 unspecified atom stereocenters. The Morgan fingerprint density at radius 2 is 1.61 bits per heavy atom. The fraction of sp³-hybridized carbons (Fsp3) is 0.185. The van der Waals surface area contributed by atoms with Crippen LogP contribution in [0.5, 0.6) is 5.75 Å². The summed E-state index contributed by atoms with van der Waals surface area (Å²) in [6, 6.07) is 22.5. The van der Waals surface area contributed by atoms with Gasteiger partial charge in [-0.1, -0.05) is 54.6 Å². The zero-order chi connectivity index (χ0) is 26.1. The van der Waals surface area contributed by atoms with E-state index in [-0.39, 0.29) is 24.6 Å². The normalized spacial score (nSPS) is 12.3. The van der Waals surface area contributed by atoms with Crippen LogP contribution in [0.3, 0.4) is 0 Å². The summed E-state index contributed by atoms with van der Waals surface area (Å²) in [6.45, 7) is 0.268. The van der Waals surface area contributed by atoms with Crippen LogP contribution in [0, 0.1) is 0 Å². The van der Waals surface area contributed by atoms with Gasteiger partial charge in [-0.2, -0.15) is 8.42 Å². The number of carbonyl (C=O) groups excluding carboxylic acids is 1. The minimum atomic E-state index is -3.60. The van der Waals surface area contributed by atoms with Crippen molar-refractivity contribution < 1.29 is 32.0 Å². The second kappa shape index (κ2) is 12.1. The molecular formula is C27H27NO7S. The van der Waals surface area contributed by atoms with Crippen LogP contribution < -0.4 is 9.08 Å². The van der Waals surface area contributed by atoms with Crippen molar-refractivity contribution in [2.24, 2.45) is 0 Å². The van der Waals surface area contributed by atoms with E-state index in [0.29, 0.717) is 11.3 Å². The fourth-order valence-electron chi connectivity index (χ4n) is 3.44. The molecule has 0 aromatic heterocycles. The van der Waals surface area contributed by atoms with E-state index in [0.717, 1.165) is 17.4 Å². The summed E-state index contributed by atoms with van der Waals surface area (Å²) in [5.74, 6) is -1.01. The van der Waals surface area contributed by atoms with Gasteiger partial charge in [0.15, 0.2) is 6.10 Å². The van der Waals surface area contributed by atoms with E-state index in [4.69, 9.17) is 8.92 Å². The van der Waals surface area contributed by atoms with Crippen LogP contribution in [-0.4, -0.2) is 51.4 Å². The topological polar surface area (TPSA) is 110 Å². The largest absolute Gasteiger partial charge is 0.479 e. The highest BCUT2D eigenvalue weighted by atomic mass is 32.2. The Kier molecular flexibility index (Phi) is 8.99. The molecule has 9 heteroatoms. The van der Waals surface area contributed by atoms with E-state index in [1.54, 1.807) is 77.7 Å². The number of aliphatic carboxylic acids is 1. The van der Waals surface area contributed by atoms with Gasteiger partial charge in [-0.3, -0.25) is 4.79 Å². The molecule has 3 aromatic rings. The Hall–Kier alpha value is -3.95. The first kappa shape index (κ1) is 26.7. The van der Waals surface area contributed by atoms with E-state index < -0.39 is 22.2 Å². The first-order chi connectivity index (χ1) is 17.2. The van der Waals surface area contributed by atoms with Crippen molar-refractivity contribution in [1.29, 1.82) is 0 Å². The molecule has 0 aliphatic carbocycles. The highest BCUT2D eigenvalue weighted by Gasteiger charge is 2.19. The number of amides is 1. The van der Waals surface area contributed by atoms with Crippen LogP contribution in [0.25, 0.3) is 6.08 Å². The zero-order valence-corrected chi connectivity index (χ0v) is 20.7. The highest BCUT2D eigenvalue weighted by Crippen LogP contribution is 2.20. The summed E-state index contributed by atoms with van der Waals surface area (Å²) < 4.78 is 32.4. The molecule has 36 heavy (non-hydrogen) atoms. The molecule has 1 amide bonds. The lowest BCUT2D eigenvalue weighted by molar-refractivity contribution is -0.148. The molecule has 0 heterocycles. The summed E-state index contributed by atoms with van der Waals surface area (Å²) >= 11 is 0. The van der Waals surface area contributed by atoms with Gasteiger partial charge in [-0.05, 0) is 47.5 Å². The van der Waals surface area contributed by atoms with Gasteiger partial charge in [0.1, 0.15) is 5.75 Å². The predicted octanol–water partition coefficient (Wildman–Crippen LogP) is 4.03. The van der Waals surface area contributed by atoms with Crippen molar-refractivity contribution in [3.8, 4) is 5.75 Å². The van der Waals surface area contributed by atoms with Gasteiger partial charge < -0.3 is 18.9 Å². The molecule has 0 spiro atoms. The molecule has 3 aromatic carbocycles. The van der Waals surface area contributed by atoms with E-state index in [2.05, 4.69) is 0 Å². The molecular weight excluding hydrogens is 482 g/mol. The van der Waals surface area contributed by atoms with Gasteiger partial charge in [0.2, 0.25) is 0 Å². The maximum absolute atomic E-state index is 13.3. The Morgan fingerprint density at radius 3 is 2.17 bits per heavy atom. The number of rotatable bonds is 11. The molecule has 0 saturated carbocycles. The smallest absolute Gasteiger partial charge is 0.333 e. The average Bonchev–Trinajstić information content (AvgIpc) is 2.86. The first-order valence-corrected chi connectivity index (χ1v) is 12.9. The quantitative estimate of drug-likeness (QED) is 0.389. The van der Waals surface area contributed by atoms with Crippen molar-refractivity contribution in [3.05, 3.63) is 102 Å². The summed E-state index contributed by atoms with van der Waals surface area (Å²) in [5, 5.41) is 9.21. The number of carbonyl (C=O) groups is 2. The lowest BCUT2D eigenvalue weighted by atomic mass is 10.1. The maximum atomic E-state index is 13.3. The van der Waals surface area contributed by atoms with Crippen LogP contribution in [-0.2, 0) is 26.1 Å². The van der Waals surface area contributed by atoms with E-state index in [1.807, 2.05) is 18.2 Å². The average molecular weight is 510 g/mol. The third-order valence-electron chi connectivity index (χ3n) is 5.22. The zero-order valence-electron chi connectivity index (χ0n) is 19.9. The molecule has 0 fully saturated rings. The Labute approximate surface area is 210 Å². The SMILES string of the molecule is CO[C@H](Cc1ccc(N(C/C=C/c2ccc(OS(C)(=O)=O)cc2)C(=O)c2ccccc2)cc1)C(=O)O. The van der Waals surface area contributed by atoms with Gasteiger partial charge in [-0.25, -0.2) is 4.79 Å². The predicted molar refractivity (Wildman–Crippen MR) is 138 cm³/mol. The van der Waals surface area contributed by atoms with Crippen molar-refractivity contribution >= 4 is 33.8 Å². The maximum Gasteiger partial charge on any atom is 0.333 e. The van der Waals surface area contributed by atoms with Crippen LogP contribution >= 0.6 is 0 Å². The first-order valence-electron chi connectivity index (χ1n) is 11.0. The molecule has 1 atom stereocenters. The van der Waals surface area contributed by atoms with Crippen LogP contribution in [0.15, 0.2) is 84.9 Å². The minimum Gasteiger partial charge on any atom is -0.479 e. The number of anilines is 1. The van der Waals surface area contributed by atoms with Crippen molar-refractivity contribution in [2.75, 3.05) is 24.8 Å². The standard InChI is InChI=1S/C27H27NO7S/c1-34-25(27(30)31)19-21-10-14-23(15-11-21)28(26(29)22-8-4-3-5-9-22)18-6-7-20-12-16-24(17-13-20)35-36(2,32)33/h3-17,25H,18-19H2,1-2H3,(H,30,31)/b7-6+/t25-/m1/s1. The summed E-state index contributed by atoms with van der Waals surface area (Å²) in [7, 11) is -2.25. The third-order valence-corrected chi connectivity index (χ3v) is 5.72. The Balaban J connectivity index is 1.79. The number of hydrogen-bond donors (Lipinski definition) is 1. The number of carboxylic acids is 1. The molecule has 0 saturated heterocycles. The lowest BCUT2D eigenvalue weighted by Crippen LogP contribution is -2.31. The molecule has 0 aliphatic heterocycles. The van der Waals surface area contributed by atoms with Gasteiger partial charge in [0.25, 0.3) is 5.91 Å². The summed E-state index contributed by atoms with van der Waals surface area (Å²) in [5.41, 5.74) is 2.76. The Morgan fingerprint density at radius 1 is 0.972 bits per heavy atom. The number of ether oxygens (including phenoxy) is 1. The lowest BCUT2D eigenvalue weighted by Gasteiger charge is -2.22. The van der Waals surface area contributed by atoms with Gasteiger partial charge >= 0.3 is 16.1 Å². The highest BCUT2D eigenvalue weighted by molar-refractivity contribution is 7.86. The molecule has 0 aliphatic rings. The van der Waals surface area contributed by atoms with Crippen molar-refractivity contribution in [2.45, 2.75) is 12.5 Å². The van der Waals surface area contributed by atoms with E-state index in [9.17, 15) is 23.1 Å². The number of hydrogen-bond acceptors (Lipinski definition) is 6. The van der Waals surface area contributed by atoms with Gasteiger partial charge in [0.05, 0.1) is 6.26 Å². The van der Waals surface area contributed by atoms with Crippen LogP contribution in [0.1, 0.15) is 21.5 Å². The number of carboxylic acid groups (broad SMARTS) is 1. The minimum absolute atomic E-state index is 0.190. The molecule has 188 valence electrons. The van der Waals surface area contributed by atoms with E-state index >= 15 is 0 Å². The van der Waals surface area contributed by atoms with Crippen LogP contribution in [0.4, 0.5) is 5.69 Å². The fourth-order valence-corrected chi connectivity index (χ4v) is 3.90. The van der Waals surface area contributed by atoms with E-state index in [1.165, 1.54) is 7.11 Å². The molecule has 0 bridgehead atoms. The number of methoxy groups -OCH3 is 1. The summed E-state index contributed by atoms with van der Waals surface area (Å²) in [6.07, 6.45) is 3.88. The van der Waals surface area contributed by atoms with Crippen molar-refractivity contribution in [1.82, 2.24) is 0 Å². The molecule has 1 N–H and O–H groups in total. The second-order valence-electron chi connectivity index (χ2n) is 7.97. The summed E-state index contributed by atoms with van der Waals surface area (Å²) in [4.78, 5) is 26.1. The molecule has 3 rings (SSSR count). The van der Waals surface area contributed by atoms with Crippen LogP contribution in [0.2, 0.25) is 0 Å². The van der Waals surface area contributed by atoms with Crippen molar-refractivity contribution in [3.63, 3.8) is 0 Å². The number of benzene rings is 3.